The molecule has 0 aliphatic carbocycles. The van der Waals surface area contributed by atoms with E-state index in [4.69, 9.17) is 0 Å². The Labute approximate surface area is 185 Å². The molecule has 0 saturated carbocycles. The largest absolute Gasteiger partial charge is 0.508 e. The van der Waals surface area contributed by atoms with E-state index in [0.717, 1.165) is 45.2 Å². The molecule has 2 heteroatoms. The third-order valence-electron chi connectivity index (χ3n) is 4.96. The van der Waals surface area contributed by atoms with Gasteiger partial charge in [-0.25, -0.2) is 0 Å². The van der Waals surface area contributed by atoms with Crippen molar-refractivity contribution in [2.24, 2.45) is 0 Å². The van der Waals surface area contributed by atoms with Crippen LogP contribution in [-0.2, 0) is 6.42 Å². The van der Waals surface area contributed by atoms with Crippen LogP contribution >= 0.6 is 0 Å². The number of nitrogens with one attached hydrogen (secondary N) is 1. The lowest BCUT2D eigenvalue weighted by Crippen LogP contribution is -2.18. The summed E-state index contributed by atoms with van der Waals surface area (Å²) < 4.78 is 0. The second-order valence-electron chi connectivity index (χ2n) is 7.75. The van der Waals surface area contributed by atoms with Gasteiger partial charge in [0.05, 0.1) is 0 Å². The van der Waals surface area contributed by atoms with Crippen LogP contribution in [0.5, 0.6) is 5.75 Å². The predicted octanol–water partition coefficient (Wildman–Crippen LogP) is 7.67. The number of phenols is 1. The molecule has 0 spiro atoms. The first-order chi connectivity index (χ1) is 14.8. The molecule has 30 heavy (non-hydrogen) atoms. The maximum Gasteiger partial charge on any atom is 0.115 e. The van der Waals surface area contributed by atoms with Gasteiger partial charge in [-0.05, 0) is 88.6 Å². The highest BCUT2D eigenvalue weighted by Gasteiger charge is 1.93. The number of benzene rings is 1. The SMILES string of the molecule is CCCCC/C=C\C/C=C\C/C=C\C/C=C\CCCCNCCc1ccc(O)cc1. The average Bonchev–Trinajstić information content (AvgIpc) is 2.76. The molecule has 1 aromatic carbocycles. The van der Waals surface area contributed by atoms with Crippen molar-refractivity contribution in [3.8, 4) is 5.75 Å². The van der Waals surface area contributed by atoms with Gasteiger partial charge in [-0.15, -0.1) is 0 Å². The first kappa shape index (κ1) is 26.0. The van der Waals surface area contributed by atoms with E-state index in [2.05, 4.69) is 60.8 Å². The third kappa shape index (κ3) is 16.9. The summed E-state index contributed by atoms with van der Waals surface area (Å²) in [5, 5.41) is 12.8. The van der Waals surface area contributed by atoms with Crippen LogP contribution in [0, 0.1) is 0 Å². The molecule has 0 fully saturated rings. The van der Waals surface area contributed by atoms with E-state index in [0.29, 0.717) is 5.75 Å². The summed E-state index contributed by atoms with van der Waals surface area (Å²) in [5.74, 6) is 0.337. The zero-order chi connectivity index (χ0) is 21.5. The van der Waals surface area contributed by atoms with Crippen molar-refractivity contribution in [3.05, 3.63) is 78.4 Å². The highest BCUT2D eigenvalue weighted by atomic mass is 16.3. The van der Waals surface area contributed by atoms with Crippen molar-refractivity contribution in [1.29, 1.82) is 0 Å². The molecule has 0 amide bonds. The first-order valence-corrected chi connectivity index (χ1v) is 11.9. The lowest BCUT2D eigenvalue weighted by Gasteiger charge is -2.04. The maximum atomic E-state index is 9.27. The van der Waals surface area contributed by atoms with E-state index >= 15 is 0 Å². The average molecular weight is 410 g/mol. The third-order valence-corrected chi connectivity index (χ3v) is 4.96. The number of hydrogen-bond acceptors (Lipinski definition) is 2. The smallest absolute Gasteiger partial charge is 0.115 e. The van der Waals surface area contributed by atoms with Crippen molar-refractivity contribution in [1.82, 2.24) is 5.32 Å². The summed E-state index contributed by atoms with van der Waals surface area (Å²) in [7, 11) is 0. The van der Waals surface area contributed by atoms with Gasteiger partial charge in [0.2, 0.25) is 0 Å². The summed E-state index contributed by atoms with van der Waals surface area (Å²) in [6.07, 6.45) is 31.2. The molecule has 2 nitrogen and oxygen atoms in total. The zero-order valence-corrected chi connectivity index (χ0v) is 19.1. The maximum absolute atomic E-state index is 9.27. The molecule has 166 valence electrons. The molecule has 0 saturated heterocycles. The van der Waals surface area contributed by atoms with Crippen molar-refractivity contribution >= 4 is 0 Å². The van der Waals surface area contributed by atoms with Crippen LogP contribution in [0.2, 0.25) is 0 Å². The van der Waals surface area contributed by atoms with Crippen LogP contribution in [0.1, 0.15) is 76.7 Å². The minimum Gasteiger partial charge on any atom is -0.508 e. The number of rotatable bonds is 18. The summed E-state index contributed by atoms with van der Waals surface area (Å²) in [6, 6.07) is 7.48. The molecule has 0 radical (unpaired) electrons. The van der Waals surface area contributed by atoms with Gasteiger partial charge in [0.15, 0.2) is 0 Å². The highest BCUT2D eigenvalue weighted by molar-refractivity contribution is 5.25. The van der Waals surface area contributed by atoms with Gasteiger partial charge in [0, 0.05) is 0 Å². The van der Waals surface area contributed by atoms with E-state index < -0.39 is 0 Å². The van der Waals surface area contributed by atoms with Crippen LogP contribution in [0.3, 0.4) is 0 Å². The second-order valence-corrected chi connectivity index (χ2v) is 7.75. The molecule has 1 aromatic rings. The molecule has 0 heterocycles. The lowest BCUT2D eigenvalue weighted by molar-refractivity contribution is 0.475. The fourth-order valence-corrected chi connectivity index (χ4v) is 3.09. The van der Waals surface area contributed by atoms with E-state index in [1.807, 2.05) is 12.1 Å². The number of unbranched alkanes of at least 4 members (excludes halogenated alkanes) is 5. The van der Waals surface area contributed by atoms with E-state index in [-0.39, 0.29) is 0 Å². The van der Waals surface area contributed by atoms with Crippen molar-refractivity contribution in [2.45, 2.75) is 77.6 Å². The number of allylic oxidation sites excluding steroid dienone is 8. The minimum atomic E-state index is 0.337. The number of aromatic hydroxyl groups is 1. The Morgan fingerprint density at radius 2 is 1.20 bits per heavy atom. The molecule has 0 aliphatic heterocycles. The van der Waals surface area contributed by atoms with Crippen LogP contribution in [-0.4, -0.2) is 18.2 Å². The summed E-state index contributed by atoms with van der Waals surface area (Å²) >= 11 is 0. The molecule has 0 unspecified atom stereocenters. The van der Waals surface area contributed by atoms with Crippen LogP contribution in [0.4, 0.5) is 0 Å². The highest BCUT2D eigenvalue weighted by Crippen LogP contribution is 2.09. The lowest BCUT2D eigenvalue weighted by atomic mass is 10.1. The molecule has 0 aliphatic rings. The standard InChI is InChI=1S/C28H43NO/c1-2-3-4-5-6-7-8-9-10-11-12-13-14-15-16-17-18-19-25-29-26-24-27-20-22-28(30)23-21-27/h6-7,9-10,12-13,15-16,20-23,29-30H,2-5,8,11,14,17-19,24-26H2,1H3/b7-6-,10-9-,13-12-,16-15-. The van der Waals surface area contributed by atoms with Gasteiger partial charge in [0.25, 0.3) is 0 Å². The summed E-state index contributed by atoms with van der Waals surface area (Å²) in [4.78, 5) is 0. The van der Waals surface area contributed by atoms with Gasteiger partial charge in [0.1, 0.15) is 5.75 Å². The van der Waals surface area contributed by atoms with E-state index in [9.17, 15) is 5.11 Å². The Kier molecular flexibility index (Phi) is 17.5. The van der Waals surface area contributed by atoms with Crippen molar-refractivity contribution < 1.29 is 5.11 Å². The molecular weight excluding hydrogens is 366 g/mol. The zero-order valence-electron chi connectivity index (χ0n) is 19.1. The first-order valence-electron chi connectivity index (χ1n) is 11.9. The number of phenolic OH excluding ortho intramolecular Hbond substituents is 1. The fraction of sp³-hybridized carbons (Fsp3) is 0.500. The van der Waals surface area contributed by atoms with E-state index in [1.54, 1.807) is 12.1 Å². The second kappa shape index (κ2) is 20.2. The van der Waals surface area contributed by atoms with Crippen LogP contribution in [0.25, 0.3) is 0 Å². The van der Waals surface area contributed by atoms with Gasteiger partial charge in [-0.3, -0.25) is 0 Å². The monoisotopic (exact) mass is 409 g/mol. The van der Waals surface area contributed by atoms with Gasteiger partial charge >= 0.3 is 0 Å². The Morgan fingerprint density at radius 1 is 0.667 bits per heavy atom. The molecule has 0 atom stereocenters. The minimum absolute atomic E-state index is 0.337. The number of hydrogen-bond donors (Lipinski definition) is 2. The molecule has 0 bridgehead atoms. The normalized spacial score (nSPS) is 12.3. The van der Waals surface area contributed by atoms with Gasteiger partial charge < -0.3 is 10.4 Å². The molecular formula is C28H43NO. The van der Waals surface area contributed by atoms with Crippen molar-refractivity contribution in [2.75, 3.05) is 13.1 Å². The van der Waals surface area contributed by atoms with E-state index in [1.165, 1.54) is 44.1 Å². The Hall–Kier alpha value is -2.06. The molecule has 0 aromatic heterocycles. The fourth-order valence-electron chi connectivity index (χ4n) is 3.09. The summed E-state index contributed by atoms with van der Waals surface area (Å²) in [6.45, 7) is 4.32. The Bertz CT molecular complexity index is 610. The van der Waals surface area contributed by atoms with Crippen LogP contribution < -0.4 is 5.32 Å². The van der Waals surface area contributed by atoms with Gasteiger partial charge in [-0.1, -0.05) is 80.5 Å². The topological polar surface area (TPSA) is 32.3 Å². The summed E-state index contributed by atoms with van der Waals surface area (Å²) in [5.41, 5.74) is 1.27. The quantitative estimate of drug-likeness (QED) is 0.192. The van der Waals surface area contributed by atoms with Crippen LogP contribution in [0.15, 0.2) is 72.9 Å². The predicted molar refractivity (Wildman–Crippen MR) is 133 cm³/mol. The van der Waals surface area contributed by atoms with Gasteiger partial charge in [-0.2, -0.15) is 0 Å². The molecule has 1 rings (SSSR count). The van der Waals surface area contributed by atoms with Crippen molar-refractivity contribution in [3.63, 3.8) is 0 Å². The Morgan fingerprint density at radius 3 is 1.77 bits per heavy atom. The molecule has 2 N–H and O–H groups in total. The Balaban J connectivity index is 1.86.